The highest BCUT2D eigenvalue weighted by Gasteiger charge is 2.12. The van der Waals surface area contributed by atoms with Crippen LogP contribution in [0.3, 0.4) is 0 Å². The van der Waals surface area contributed by atoms with Crippen molar-refractivity contribution in [3.05, 3.63) is 77.0 Å². The molecular weight excluding hydrogens is 322 g/mol. The van der Waals surface area contributed by atoms with Crippen molar-refractivity contribution < 1.29 is 13.5 Å². The summed E-state index contributed by atoms with van der Waals surface area (Å²) in [5.74, 6) is -0.453. The summed E-state index contributed by atoms with van der Waals surface area (Å²) in [4.78, 5) is 4.14. The van der Waals surface area contributed by atoms with Crippen LogP contribution in [0.2, 0.25) is 0 Å². The number of nitrogens with zero attached hydrogens (tertiary/aromatic N) is 1. The van der Waals surface area contributed by atoms with Gasteiger partial charge in [-0.05, 0) is 43.2 Å². The molecule has 2 aromatic carbocycles. The van der Waals surface area contributed by atoms with E-state index in [1.54, 1.807) is 12.3 Å². The van der Waals surface area contributed by atoms with Gasteiger partial charge in [-0.3, -0.25) is 0 Å². The van der Waals surface area contributed by atoms with Crippen molar-refractivity contribution in [3.8, 4) is 16.9 Å². The van der Waals surface area contributed by atoms with Gasteiger partial charge in [0.1, 0.15) is 18.2 Å². The standard InChI is InChI=1S/C20H18F2N2O/c1-12-3-5-14(6-4-12)15-9-19(20(23)24-10-15)25-11-16-13(2)17(21)7-8-18(16)22/h3-10H,11H2,1-2H3,(H2,23,24). The Labute approximate surface area is 145 Å². The van der Waals surface area contributed by atoms with Gasteiger partial charge in [-0.15, -0.1) is 0 Å². The number of ether oxygens (including phenoxy) is 1. The molecule has 0 aliphatic heterocycles. The molecule has 0 aliphatic carbocycles. The van der Waals surface area contributed by atoms with Crippen LogP contribution in [0, 0.1) is 25.5 Å². The molecule has 0 amide bonds. The average Bonchev–Trinajstić information content (AvgIpc) is 2.60. The molecule has 0 saturated heterocycles. The van der Waals surface area contributed by atoms with Crippen LogP contribution in [0.25, 0.3) is 11.1 Å². The Bertz CT molecular complexity index is 908. The van der Waals surface area contributed by atoms with Crippen LogP contribution < -0.4 is 10.5 Å². The first-order valence-electron chi connectivity index (χ1n) is 7.84. The van der Waals surface area contributed by atoms with E-state index in [0.29, 0.717) is 5.75 Å². The van der Waals surface area contributed by atoms with E-state index in [2.05, 4.69) is 4.98 Å². The smallest absolute Gasteiger partial charge is 0.166 e. The zero-order valence-electron chi connectivity index (χ0n) is 14.0. The second-order valence-corrected chi connectivity index (χ2v) is 5.89. The first-order valence-corrected chi connectivity index (χ1v) is 7.84. The molecule has 0 unspecified atom stereocenters. The van der Waals surface area contributed by atoms with Crippen LogP contribution in [-0.4, -0.2) is 4.98 Å². The van der Waals surface area contributed by atoms with E-state index in [1.165, 1.54) is 6.92 Å². The van der Waals surface area contributed by atoms with Crippen LogP contribution in [-0.2, 0) is 6.61 Å². The maximum atomic E-state index is 13.9. The SMILES string of the molecule is Cc1ccc(-c2cnc(N)c(OCc3c(F)ccc(F)c3C)c2)cc1. The molecule has 0 aliphatic rings. The van der Waals surface area contributed by atoms with Crippen LogP contribution in [0.4, 0.5) is 14.6 Å². The van der Waals surface area contributed by atoms with E-state index in [1.807, 2.05) is 31.2 Å². The minimum absolute atomic E-state index is 0.126. The normalized spacial score (nSPS) is 10.7. The number of aryl methyl sites for hydroxylation is 1. The average molecular weight is 340 g/mol. The minimum Gasteiger partial charge on any atom is -0.485 e. The summed E-state index contributed by atoms with van der Waals surface area (Å²) in [5, 5.41) is 0. The number of hydrogen-bond donors (Lipinski definition) is 1. The van der Waals surface area contributed by atoms with Gasteiger partial charge in [-0.25, -0.2) is 13.8 Å². The summed E-state index contributed by atoms with van der Waals surface area (Å²) in [6.45, 7) is 3.40. The highest BCUT2D eigenvalue weighted by Crippen LogP contribution is 2.28. The fourth-order valence-corrected chi connectivity index (χ4v) is 2.50. The minimum atomic E-state index is -0.514. The predicted octanol–water partition coefficient (Wildman–Crippen LogP) is 4.80. The molecule has 0 radical (unpaired) electrons. The van der Waals surface area contributed by atoms with Gasteiger partial charge in [0.05, 0.1) is 0 Å². The van der Waals surface area contributed by atoms with Gasteiger partial charge < -0.3 is 10.5 Å². The third-order valence-electron chi connectivity index (χ3n) is 4.11. The molecule has 0 atom stereocenters. The summed E-state index contributed by atoms with van der Waals surface area (Å²) >= 11 is 0. The number of pyridine rings is 1. The molecule has 3 rings (SSSR count). The quantitative estimate of drug-likeness (QED) is 0.742. The van der Waals surface area contributed by atoms with Gasteiger partial charge in [0.25, 0.3) is 0 Å². The number of rotatable bonds is 4. The zero-order chi connectivity index (χ0) is 18.0. The number of anilines is 1. The lowest BCUT2D eigenvalue weighted by Crippen LogP contribution is -2.05. The second-order valence-electron chi connectivity index (χ2n) is 5.89. The molecule has 0 fully saturated rings. The van der Waals surface area contributed by atoms with Crippen molar-refractivity contribution >= 4 is 5.82 Å². The van der Waals surface area contributed by atoms with Gasteiger partial charge in [0.2, 0.25) is 0 Å². The van der Waals surface area contributed by atoms with E-state index in [0.717, 1.165) is 28.8 Å². The molecule has 3 aromatic rings. The van der Waals surface area contributed by atoms with E-state index >= 15 is 0 Å². The fourth-order valence-electron chi connectivity index (χ4n) is 2.50. The summed E-state index contributed by atoms with van der Waals surface area (Å²) in [6, 6.07) is 11.9. The Hall–Kier alpha value is -2.95. The topological polar surface area (TPSA) is 48.1 Å². The van der Waals surface area contributed by atoms with E-state index in [4.69, 9.17) is 10.5 Å². The van der Waals surface area contributed by atoms with Crippen molar-refractivity contribution in [2.75, 3.05) is 5.73 Å². The van der Waals surface area contributed by atoms with Crippen LogP contribution in [0.15, 0.2) is 48.7 Å². The molecule has 1 heterocycles. The third-order valence-corrected chi connectivity index (χ3v) is 4.11. The lowest BCUT2D eigenvalue weighted by Gasteiger charge is -2.13. The largest absolute Gasteiger partial charge is 0.485 e. The lowest BCUT2D eigenvalue weighted by atomic mass is 10.1. The molecule has 2 N–H and O–H groups in total. The van der Waals surface area contributed by atoms with Crippen molar-refractivity contribution in [1.82, 2.24) is 4.98 Å². The molecule has 5 heteroatoms. The van der Waals surface area contributed by atoms with Crippen LogP contribution in [0.5, 0.6) is 5.75 Å². The number of aromatic nitrogens is 1. The number of hydrogen-bond acceptors (Lipinski definition) is 3. The predicted molar refractivity (Wildman–Crippen MR) is 94.2 cm³/mol. The van der Waals surface area contributed by atoms with Gasteiger partial charge in [-0.1, -0.05) is 29.8 Å². The summed E-state index contributed by atoms with van der Waals surface area (Å²) in [6.07, 6.45) is 1.65. The van der Waals surface area contributed by atoms with Crippen molar-refractivity contribution in [1.29, 1.82) is 0 Å². The molecular formula is C20H18F2N2O. The van der Waals surface area contributed by atoms with Crippen LogP contribution >= 0.6 is 0 Å². The summed E-state index contributed by atoms with van der Waals surface area (Å²) < 4.78 is 33.2. The number of nitrogen functional groups attached to an aromatic ring is 1. The van der Waals surface area contributed by atoms with Crippen molar-refractivity contribution in [2.24, 2.45) is 0 Å². The summed E-state index contributed by atoms with van der Waals surface area (Å²) in [7, 11) is 0. The number of nitrogens with two attached hydrogens (primary N) is 1. The Kier molecular flexibility index (Phi) is 4.65. The number of benzene rings is 2. The lowest BCUT2D eigenvalue weighted by molar-refractivity contribution is 0.298. The maximum absolute atomic E-state index is 13.9. The maximum Gasteiger partial charge on any atom is 0.166 e. The molecule has 3 nitrogen and oxygen atoms in total. The zero-order valence-corrected chi connectivity index (χ0v) is 14.0. The Morgan fingerprint density at radius 3 is 2.36 bits per heavy atom. The molecule has 0 bridgehead atoms. The van der Waals surface area contributed by atoms with E-state index in [-0.39, 0.29) is 23.6 Å². The molecule has 0 spiro atoms. The Balaban J connectivity index is 1.87. The Morgan fingerprint density at radius 1 is 0.960 bits per heavy atom. The highest BCUT2D eigenvalue weighted by atomic mass is 19.1. The highest BCUT2D eigenvalue weighted by molar-refractivity contribution is 5.67. The monoisotopic (exact) mass is 340 g/mol. The first kappa shape index (κ1) is 16.9. The molecule has 128 valence electrons. The molecule has 25 heavy (non-hydrogen) atoms. The van der Waals surface area contributed by atoms with Gasteiger partial charge >= 0.3 is 0 Å². The van der Waals surface area contributed by atoms with Crippen molar-refractivity contribution in [2.45, 2.75) is 20.5 Å². The summed E-state index contributed by atoms with van der Waals surface area (Å²) in [5.41, 5.74) is 9.20. The van der Waals surface area contributed by atoms with E-state index in [9.17, 15) is 8.78 Å². The van der Waals surface area contributed by atoms with E-state index < -0.39 is 11.6 Å². The molecule has 0 saturated carbocycles. The van der Waals surface area contributed by atoms with Crippen molar-refractivity contribution in [3.63, 3.8) is 0 Å². The fraction of sp³-hybridized carbons (Fsp3) is 0.150. The Morgan fingerprint density at radius 2 is 1.64 bits per heavy atom. The van der Waals surface area contributed by atoms with Crippen LogP contribution in [0.1, 0.15) is 16.7 Å². The van der Waals surface area contributed by atoms with Gasteiger partial charge in [0.15, 0.2) is 11.6 Å². The van der Waals surface area contributed by atoms with Gasteiger partial charge in [-0.2, -0.15) is 0 Å². The third kappa shape index (κ3) is 3.60. The second kappa shape index (κ2) is 6.89. The molecule has 1 aromatic heterocycles. The first-order chi connectivity index (χ1) is 12.0. The van der Waals surface area contributed by atoms with Gasteiger partial charge in [0, 0.05) is 17.3 Å². The number of halogens is 2.